The van der Waals surface area contributed by atoms with Crippen molar-refractivity contribution in [1.82, 2.24) is 5.32 Å². The topological polar surface area (TPSA) is 33.3 Å². The number of rotatable bonds is 5. The van der Waals surface area contributed by atoms with Crippen LogP contribution >= 0.6 is 12.2 Å². The van der Waals surface area contributed by atoms with Gasteiger partial charge in [0.15, 0.2) is 5.11 Å². The summed E-state index contributed by atoms with van der Waals surface area (Å²) in [5, 5.41) is 6.20. The predicted molar refractivity (Wildman–Crippen MR) is 72.1 cm³/mol. The van der Waals surface area contributed by atoms with Crippen molar-refractivity contribution in [2.45, 2.75) is 20.5 Å². The molecule has 0 saturated carbocycles. The number of benzene rings is 1. The monoisotopic (exact) mass is 274 g/mol. The molecule has 0 fully saturated rings. The number of nitrogens with one attached hydrogen (secondary N) is 2. The van der Waals surface area contributed by atoms with Gasteiger partial charge in [-0.1, -0.05) is 26.0 Å². The summed E-state index contributed by atoms with van der Waals surface area (Å²) in [7, 11) is 0. The van der Waals surface area contributed by atoms with E-state index in [0.29, 0.717) is 23.3 Å². The fraction of sp³-hybridized carbons (Fsp3) is 0.417. The van der Waals surface area contributed by atoms with Crippen LogP contribution in [0.25, 0.3) is 0 Å². The Kier molecular flexibility index (Phi) is 5.77. The van der Waals surface area contributed by atoms with Gasteiger partial charge in [0, 0.05) is 6.54 Å². The summed E-state index contributed by atoms with van der Waals surface area (Å²) >= 11 is 5.06. The van der Waals surface area contributed by atoms with Crippen LogP contribution in [0.5, 0.6) is 5.75 Å². The number of halogens is 2. The second-order valence-electron chi connectivity index (χ2n) is 4.10. The molecule has 0 aliphatic heterocycles. The van der Waals surface area contributed by atoms with Crippen molar-refractivity contribution in [3.05, 3.63) is 24.3 Å². The molecule has 0 atom stereocenters. The standard InChI is InChI=1S/C12H16F2N2OS/c1-8(2)7-15-12(18)16-9-5-3-4-6-10(9)17-11(13)14/h3-6,8,11H,7H2,1-2H3,(H2,15,16,18). The Hall–Kier alpha value is -1.43. The van der Waals surface area contributed by atoms with Crippen molar-refractivity contribution in [2.75, 3.05) is 11.9 Å². The Bertz CT molecular complexity index is 399. The molecule has 0 amide bonds. The van der Waals surface area contributed by atoms with Crippen LogP contribution in [-0.4, -0.2) is 18.3 Å². The van der Waals surface area contributed by atoms with Gasteiger partial charge in [-0.3, -0.25) is 0 Å². The van der Waals surface area contributed by atoms with Gasteiger partial charge in [0.25, 0.3) is 0 Å². The van der Waals surface area contributed by atoms with Crippen molar-refractivity contribution >= 4 is 23.0 Å². The lowest BCUT2D eigenvalue weighted by Crippen LogP contribution is -2.31. The average Bonchev–Trinajstić information content (AvgIpc) is 2.28. The molecule has 0 aliphatic carbocycles. The van der Waals surface area contributed by atoms with E-state index in [4.69, 9.17) is 12.2 Å². The van der Waals surface area contributed by atoms with Crippen molar-refractivity contribution in [1.29, 1.82) is 0 Å². The molecule has 100 valence electrons. The van der Waals surface area contributed by atoms with E-state index in [9.17, 15) is 8.78 Å². The first kappa shape index (κ1) is 14.6. The minimum absolute atomic E-state index is 0.0706. The zero-order chi connectivity index (χ0) is 13.5. The highest BCUT2D eigenvalue weighted by atomic mass is 32.1. The first-order valence-electron chi connectivity index (χ1n) is 5.57. The van der Waals surface area contributed by atoms with E-state index in [1.54, 1.807) is 18.2 Å². The molecule has 0 unspecified atom stereocenters. The molecule has 0 bridgehead atoms. The summed E-state index contributed by atoms with van der Waals surface area (Å²) in [6.07, 6.45) is 0. The maximum atomic E-state index is 12.2. The second kappa shape index (κ2) is 7.10. The first-order chi connectivity index (χ1) is 8.49. The number of para-hydroxylation sites is 2. The van der Waals surface area contributed by atoms with Crippen LogP contribution < -0.4 is 15.4 Å². The van der Waals surface area contributed by atoms with E-state index in [1.807, 2.05) is 13.8 Å². The van der Waals surface area contributed by atoms with Gasteiger partial charge in [-0.2, -0.15) is 8.78 Å². The minimum Gasteiger partial charge on any atom is -0.433 e. The van der Waals surface area contributed by atoms with Crippen molar-refractivity contribution in [3.8, 4) is 5.75 Å². The highest BCUT2D eigenvalue weighted by molar-refractivity contribution is 7.80. The van der Waals surface area contributed by atoms with E-state index in [1.165, 1.54) is 6.07 Å². The molecule has 18 heavy (non-hydrogen) atoms. The van der Waals surface area contributed by atoms with E-state index in [0.717, 1.165) is 0 Å². The molecule has 6 heteroatoms. The normalized spacial score (nSPS) is 10.6. The van der Waals surface area contributed by atoms with E-state index in [2.05, 4.69) is 15.4 Å². The molecule has 0 spiro atoms. The van der Waals surface area contributed by atoms with Gasteiger partial charge < -0.3 is 15.4 Å². The molecule has 0 radical (unpaired) electrons. The van der Waals surface area contributed by atoms with Crippen LogP contribution in [-0.2, 0) is 0 Å². The smallest absolute Gasteiger partial charge is 0.387 e. The fourth-order valence-electron chi connectivity index (χ4n) is 1.23. The number of anilines is 1. The van der Waals surface area contributed by atoms with Crippen LogP contribution in [0.3, 0.4) is 0 Å². The van der Waals surface area contributed by atoms with Crippen molar-refractivity contribution in [3.63, 3.8) is 0 Å². The minimum atomic E-state index is -2.86. The van der Waals surface area contributed by atoms with Gasteiger partial charge in [-0.25, -0.2) is 0 Å². The Morgan fingerprint density at radius 2 is 2.00 bits per heavy atom. The van der Waals surface area contributed by atoms with Crippen LogP contribution in [0.2, 0.25) is 0 Å². The SMILES string of the molecule is CC(C)CNC(=S)Nc1ccccc1OC(F)F. The summed E-state index contributed by atoms with van der Waals surface area (Å²) in [5.74, 6) is 0.513. The first-order valence-corrected chi connectivity index (χ1v) is 5.98. The highest BCUT2D eigenvalue weighted by Gasteiger charge is 2.09. The van der Waals surface area contributed by atoms with Gasteiger partial charge in [0.2, 0.25) is 0 Å². The summed E-state index contributed by atoms with van der Waals surface area (Å²) in [5.41, 5.74) is 0.416. The molecule has 1 aromatic carbocycles. The van der Waals surface area contributed by atoms with Crippen LogP contribution in [0.1, 0.15) is 13.8 Å². The summed E-state index contributed by atoms with van der Waals surface area (Å²) < 4.78 is 28.8. The summed E-state index contributed by atoms with van der Waals surface area (Å²) in [4.78, 5) is 0. The Morgan fingerprint density at radius 3 is 2.61 bits per heavy atom. The third-order valence-electron chi connectivity index (χ3n) is 2.02. The highest BCUT2D eigenvalue weighted by Crippen LogP contribution is 2.25. The summed E-state index contributed by atoms with van der Waals surface area (Å²) in [6, 6.07) is 6.42. The largest absolute Gasteiger partial charge is 0.433 e. The maximum absolute atomic E-state index is 12.2. The third kappa shape index (κ3) is 5.27. The van der Waals surface area contributed by atoms with Crippen LogP contribution in [0, 0.1) is 5.92 Å². The van der Waals surface area contributed by atoms with Gasteiger partial charge >= 0.3 is 6.61 Å². The predicted octanol–water partition coefficient (Wildman–Crippen LogP) is 3.23. The Balaban J connectivity index is 2.63. The maximum Gasteiger partial charge on any atom is 0.387 e. The molecule has 0 saturated heterocycles. The van der Waals surface area contributed by atoms with E-state index >= 15 is 0 Å². The molecule has 1 rings (SSSR count). The van der Waals surface area contributed by atoms with Gasteiger partial charge in [-0.15, -0.1) is 0 Å². The zero-order valence-corrected chi connectivity index (χ0v) is 11.1. The molecule has 0 aromatic heterocycles. The number of ether oxygens (including phenoxy) is 1. The van der Waals surface area contributed by atoms with Crippen LogP contribution in [0.4, 0.5) is 14.5 Å². The van der Waals surface area contributed by atoms with Crippen molar-refractivity contribution < 1.29 is 13.5 Å². The molecule has 3 nitrogen and oxygen atoms in total. The zero-order valence-electron chi connectivity index (χ0n) is 10.2. The molecule has 0 heterocycles. The van der Waals surface area contributed by atoms with Gasteiger partial charge in [-0.05, 0) is 30.3 Å². The summed E-state index contributed by atoms with van der Waals surface area (Å²) in [6.45, 7) is 1.95. The lowest BCUT2D eigenvalue weighted by atomic mass is 10.2. The Labute approximate surface area is 111 Å². The van der Waals surface area contributed by atoms with Gasteiger partial charge in [0.05, 0.1) is 5.69 Å². The quantitative estimate of drug-likeness (QED) is 0.808. The molecular formula is C12H16F2N2OS. The lowest BCUT2D eigenvalue weighted by Gasteiger charge is -2.15. The van der Waals surface area contributed by atoms with E-state index < -0.39 is 6.61 Å². The van der Waals surface area contributed by atoms with Gasteiger partial charge in [0.1, 0.15) is 5.75 Å². The number of thiocarbonyl (C=S) groups is 1. The Morgan fingerprint density at radius 1 is 1.33 bits per heavy atom. The van der Waals surface area contributed by atoms with Crippen LogP contribution in [0.15, 0.2) is 24.3 Å². The number of alkyl halides is 2. The molecule has 0 aliphatic rings. The molecule has 2 N–H and O–H groups in total. The molecular weight excluding hydrogens is 258 g/mol. The molecule has 1 aromatic rings. The van der Waals surface area contributed by atoms with Crippen molar-refractivity contribution in [2.24, 2.45) is 5.92 Å². The number of hydrogen-bond donors (Lipinski definition) is 2. The average molecular weight is 274 g/mol. The third-order valence-corrected chi connectivity index (χ3v) is 2.27. The fourth-order valence-corrected chi connectivity index (χ4v) is 1.43. The number of hydrogen-bond acceptors (Lipinski definition) is 2. The van der Waals surface area contributed by atoms with E-state index in [-0.39, 0.29) is 5.75 Å². The lowest BCUT2D eigenvalue weighted by molar-refractivity contribution is -0.0493. The second-order valence-corrected chi connectivity index (χ2v) is 4.51.